The summed E-state index contributed by atoms with van der Waals surface area (Å²) >= 11 is 0. The van der Waals surface area contributed by atoms with Crippen molar-refractivity contribution in [3.8, 4) is 0 Å². The van der Waals surface area contributed by atoms with Gasteiger partial charge < -0.3 is 5.11 Å². The maximum atomic E-state index is 12.4. The summed E-state index contributed by atoms with van der Waals surface area (Å²) in [5, 5.41) is 9.46. The van der Waals surface area contributed by atoms with Crippen LogP contribution in [0.3, 0.4) is 0 Å². The van der Waals surface area contributed by atoms with E-state index in [4.69, 9.17) is 0 Å². The van der Waals surface area contributed by atoms with Gasteiger partial charge in [0, 0.05) is 12.6 Å². The number of hydrogen-bond donors (Lipinski definition) is 2. The fourth-order valence-electron chi connectivity index (χ4n) is 2.41. The Balaban J connectivity index is 2.86. The first kappa shape index (κ1) is 15.9. The van der Waals surface area contributed by atoms with Crippen LogP contribution in [0.4, 0.5) is 0 Å². The number of aliphatic hydroxyl groups is 1. The number of rotatable bonds is 6. The first-order valence-corrected chi connectivity index (χ1v) is 8.26. The highest BCUT2D eigenvalue weighted by Gasteiger charge is 2.36. The largest absolute Gasteiger partial charge is 0.394 e. The number of nitrogens with zero attached hydrogens (tertiary/aromatic N) is 1. The van der Waals surface area contributed by atoms with Gasteiger partial charge in [0.2, 0.25) is 0 Å². The van der Waals surface area contributed by atoms with Gasteiger partial charge in [0.25, 0.3) is 10.2 Å². The van der Waals surface area contributed by atoms with Crippen LogP contribution < -0.4 is 4.72 Å². The van der Waals surface area contributed by atoms with Crippen molar-refractivity contribution in [2.75, 3.05) is 13.2 Å². The van der Waals surface area contributed by atoms with E-state index in [-0.39, 0.29) is 12.6 Å². The van der Waals surface area contributed by atoms with E-state index in [1.165, 1.54) is 4.31 Å². The van der Waals surface area contributed by atoms with Crippen LogP contribution in [0.5, 0.6) is 0 Å². The number of aliphatic hydroxyl groups excluding tert-OH is 1. The van der Waals surface area contributed by atoms with Crippen LogP contribution in [0, 0.1) is 0 Å². The number of piperidine rings is 1. The van der Waals surface area contributed by atoms with E-state index >= 15 is 0 Å². The zero-order valence-corrected chi connectivity index (χ0v) is 12.5. The van der Waals surface area contributed by atoms with E-state index in [1.54, 1.807) is 0 Å². The highest BCUT2D eigenvalue weighted by Crippen LogP contribution is 2.22. The van der Waals surface area contributed by atoms with Crippen molar-refractivity contribution >= 4 is 10.2 Å². The van der Waals surface area contributed by atoms with Gasteiger partial charge in [-0.1, -0.05) is 20.3 Å². The van der Waals surface area contributed by atoms with Gasteiger partial charge in [0.15, 0.2) is 0 Å². The molecule has 1 fully saturated rings. The molecular weight excluding hydrogens is 252 g/mol. The van der Waals surface area contributed by atoms with Crippen molar-refractivity contribution in [3.05, 3.63) is 0 Å². The lowest BCUT2D eigenvalue weighted by Crippen LogP contribution is -2.57. The Hall–Kier alpha value is -0.170. The molecule has 0 saturated carbocycles. The second-order valence-corrected chi connectivity index (χ2v) is 6.83. The molecule has 1 heterocycles. The molecule has 6 heteroatoms. The lowest BCUT2D eigenvalue weighted by molar-refractivity contribution is 0.166. The summed E-state index contributed by atoms with van der Waals surface area (Å²) in [6.45, 7) is 6.13. The maximum absolute atomic E-state index is 12.4. The van der Waals surface area contributed by atoms with Crippen molar-refractivity contribution < 1.29 is 13.5 Å². The third-order valence-electron chi connectivity index (χ3n) is 4.05. The molecule has 0 aromatic rings. The average Bonchev–Trinajstić information content (AvgIpc) is 2.36. The molecule has 0 bridgehead atoms. The second kappa shape index (κ2) is 6.32. The monoisotopic (exact) mass is 278 g/mol. The van der Waals surface area contributed by atoms with Crippen LogP contribution in [-0.4, -0.2) is 42.6 Å². The lowest BCUT2D eigenvalue weighted by Gasteiger charge is -2.37. The van der Waals surface area contributed by atoms with Gasteiger partial charge in [-0.25, -0.2) is 0 Å². The summed E-state index contributed by atoms with van der Waals surface area (Å²) in [5.74, 6) is 0. The fourth-order valence-corrected chi connectivity index (χ4v) is 4.38. The number of nitrogens with one attached hydrogen (secondary N) is 1. The van der Waals surface area contributed by atoms with E-state index in [0.717, 1.165) is 19.3 Å². The fraction of sp³-hybridized carbons (Fsp3) is 1.00. The van der Waals surface area contributed by atoms with Crippen molar-refractivity contribution in [3.63, 3.8) is 0 Å². The first-order valence-electron chi connectivity index (χ1n) is 6.82. The van der Waals surface area contributed by atoms with Crippen LogP contribution in [0.1, 0.15) is 52.9 Å². The minimum atomic E-state index is -3.50. The molecule has 0 aromatic carbocycles. The molecule has 2 N–H and O–H groups in total. The normalized spacial score (nSPS) is 23.2. The molecule has 1 rings (SSSR count). The van der Waals surface area contributed by atoms with Crippen molar-refractivity contribution in [1.82, 2.24) is 9.03 Å². The first-order chi connectivity index (χ1) is 8.40. The highest BCUT2D eigenvalue weighted by atomic mass is 32.2. The summed E-state index contributed by atoms with van der Waals surface area (Å²) in [4.78, 5) is 0. The molecule has 0 spiro atoms. The van der Waals surface area contributed by atoms with Crippen LogP contribution in [0.15, 0.2) is 0 Å². The summed E-state index contributed by atoms with van der Waals surface area (Å²) in [5.41, 5.74) is -0.726. The van der Waals surface area contributed by atoms with E-state index in [1.807, 2.05) is 20.8 Å². The Kier molecular flexibility index (Phi) is 5.58. The van der Waals surface area contributed by atoms with Gasteiger partial charge in [0.05, 0.1) is 12.1 Å². The molecule has 108 valence electrons. The van der Waals surface area contributed by atoms with Gasteiger partial charge in [-0.3, -0.25) is 0 Å². The second-order valence-electron chi connectivity index (χ2n) is 5.21. The van der Waals surface area contributed by atoms with Gasteiger partial charge in [-0.05, 0) is 32.6 Å². The van der Waals surface area contributed by atoms with Gasteiger partial charge in [0.1, 0.15) is 0 Å². The molecule has 0 amide bonds. The molecule has 1 saturated heterocycles. The Bertz CT molecular complexity index is 344. The zero-order valence-electron chi connectivity index (χ0n) is 11.6. The smallest absolute Gasteiger partial charge is 0.280 e. The quantitative estimate of drug-likeness (QED) is 0.768. The van der Waals surface area contributed by atoms with Crippen LogP contribution >= 0.6 is 0 Å². The number of hydrogen-bond acceptors (Lipinski definition) is 3. The Morgan fingerprint density at radius 1 is 1.33 bits per heavy atom. The third-order valence-corrected chi connectivity index (χ3v) is 5.90. The highest BCUT2D eigenvalue weighted by molar-refractivity contribution is 7.87. The molecular formula is C12H26N2O3S. The minimum Gasteiger partial charge on any atom is -0.394 e. The van der Waals surface area contributed by atoms with Crippen LogP contribution in [-0.2, 0) is 10.2 Å². The molecule has 1 atom stereocenters. The molecule has 1 aliphatic rings. The SMILES string of the molecule is CCC(CC)(CO)NS(=O)(=O)N1CCCCC1C. The molecule has 0 aromatic heterocycles. The predicted molar refractivity (Wildman–Crippen MR) is 72.5 cm³/mol. The van der Waals surface area contributed by atoms with Gasteiger partial charge in [-0.2, -0.15) is 17.4 Å². The van der Waals surface area contributed by atoms with Crippen molar-refractivity contribution in [2.45, 2.75) is 64.5 Å². The molecule has 0 aliphatic carbocycles. The Morgan fingerprint density at radius 3 is 2.39 bits per heavy atom. The van der Waals surface area contributed by atoms with Crippen molar-refractivity contribution in [1.29, 1.82) is 0 Å². The minimum absolute atomic E-state index is 0.0429. The summed E-state index contributed by atoms with van der Waals surface area (Å²) in [6.07, 6.45) is 4.07. The van der Waals surface area contributed by atoms with E-state index in [2.05, 4.69) is 4.72 Å². The maximum Gasteiger partial charge on any atom is 0.280 e. The lowest BCUT2D eigenvalue weighted by atomic mass is 9.96. The average molecular weight is 278 g/mol. The van der Waals surface area contributed by atoms with Crippen molar-refractivity contribution in [2.24, 2.45) is 0 Å². The molecule has 5 nitrogen and oxygen atoms in total. The van der Waals surface area contributed by atoms with Crippen LogP contribution in [0.2, 0.25) is 0 Å². The molecule has 0 radical (unpaired) electrons. The predicted octanol–water partition coefficient (Wildman–Crippen LogP) is 1.25. The molecule has 1 unspecified atom stereocenters. The van der Waals surface area contributed by atoms with Crippen LogP contribution in [0.25, 0.3) is 0 Å². The van der Waals surface area contributed by atoms with E-state index < -0.39 is 15.7 Å². The topological polar surface area (TPSA) is 69.6 Å². The third kappa shape index (κ3) is 3.44. The van der Waals surface area contributed by atoms with E-state index in [0.29, 0.717) is 19.4 Å². The summed E-state index contributed by atoms with van der Waals surface area (Å²) in [7, 11) is -3.50. The molecule has 1 aliphatic heterocycles. The Labute approximate surface area is 111 Å². The van der Waals surface area contributed by atoms with E-state index in [9.17, 15) is 13.5 Å². The summed E-state index contributed by atoms with van der Waals surface area (Å²) in [6, 6.07) is 0.0429. The van der Waals surface area contributed by atoms with Gasteiger partial charge >= 0.3 is 0 Å². The zero-order chi connectivity index (χ0) is 13.8. The molecule has 18 heavy (non-hydrogen) atoms. The standard InChI is InChI=1S/C12H26N2O3S/c1-4-12(5-2,10-15)13-18(16,17)14-9-7-6-8-11(14)3/h11,13,15H,4-10H2,1-3H3. The Morgan fingerprint density at radius 2 is 1.94 bits per heavy atom. The summed E-state index contributed by atoms with van der Waals surface area (Å²) < 4.78 is 29.0. The van der Waals surface area contributed by atoms with Gasteiger partial charge in [-0.15, -0.1) is 0 Å².